The van der Waals surface area contributed by atoms with E-state index in [0.717, 1.165) is 11.8 Å². The fourth-order valence-corrected chi connectivity index (χ4v) is 3.02. The third-order valence-corrected chi connectivity index (χ3v) is 4.62. The molecule has 2 N–H and O–H groups in total. The summed E-state index contributed by atoms with van der Waals surface area (Å²) in [5, 5.41) is 0. The zero-order valence-electron chi connectivity index (χ0n) is 9.76. The van der Waals surface area contributed by atoms with Crippen LogP contribution < -0.4 is 5.73 Å². The average molecular weight is 195 g/mol. The smallest absolute Gasteiger partial charge is 0.00956 e. The summed E-state index contributed by atoms with van der Waals surface area (Å²) in [6.07, 6.45) is 9.77. The van der Waals surface area contributed by atoms with Crippen molar-refractivity contribution in [1.29, 1.82) is 0 Å². The Morgan fingerprint density at radius 2 is 1.50 bits per heavy atom. The Balaban J connectivity index is 1.82. The fraction of sp³-hybridized carbons (Fsp3) is 1.00. The zero-order chi connectivity index (χ0) is 10.2. The van der Waals surface area contributed by atoms with Crippen molar-refractivity contribution in [3.05, 3.63) is 0 Å². The number of hydrogen-bond acceptors (Lipinski definition) is 1. The standard InChI is InChI=1S/C13H25N/c1-13(2)8-6-11(7-9-13)12(14)10-4-3-5-10/h10-12H,3-9,14H2,1-2H3. The molecule has 1 atom stereocenters. The molecule has 0 heterocycles. The third-order valence-electron chi connectivity index (χ3n) is 4.62. The molecule has 1 nitrogen and oxygen atoms in total. The van der Waals surface area contributed by atoms with Gasteiger partial charge in [0, 0.05) is 6.04 Å². The molecule has 0 saturated heterocycles. The Labute approximate surface area is 88.4 Å². The van der Waals surface area contributed by atoms with E-state index >= 15 is 0 Å². The monoisotopic (exact) mass is 195 g/mol. The topological polar surface area (TPSA) is 26.0 Å². The van der Waals surface area contributed by atoms with Crippen LogP contribution in [0.1, 0.15) is 58.8 Å². The van der Waals surface area contributed by atoms with E-state index < -0.39 is 0 Å². The van der Waals surface area contributed by atoms with Gasteiger partial charge >= 0.3 is 0 Å². The third kappa shape index (κ3) is 2.13. The summed E-state index contributed by atoms with van der Waals surface area (Å²) in [5.41, 5.74) is 6.94. The maximum absolute atomic E-state index is 6.34. The lowest BCUT2D eigenvalue weighted by Crippen LogP contribution is -2.43. The Kier molecular flexibility index (Phi) is 2.88. The van der Waals surface area contributed by atoms with Crippen LogP contribution in [0.2, 0.25) is 0 Å². The first-order chi connectivity index (χ1) is 6.58. The second-order valence-electron chi connectivity index (χ2n) is 6.27. The summed E-state index contributed by atoms with van der Waals surface area (Å²) in [6.45, 7) is 4.80. The normalized spacial score (nSPS) is 31.1. The first kappa shape index (κ1) is 10.5. The van der Waals surface area contributed by atoms with Crippen LogP contribution in [-0.4, -0.2) is 6.04 Å². The summed E-state index contributed by atoms with van der Waals surface area (Å²) in [6, 6.07) is 0.528. The molecule has 0 aliphatic heterocycles. The molecule has 1 unspecified atom stereocenters. The maximum Gasteiger partial charge on any atom is 0.00956 e. The number of hydrogen-bond donors (Lipinski definition) is 1. The van der Waals surface area contributed by atoms with Crippen LogP contribution in [0.5, 0.6) is 0 Å². The van der Waals surface area contributed by atoms with E-state index in [2.05, 4.69) is 13.8 Å². The Hall–Kier alpha value is -0.0400. The molecule has 0 amide bonds. The fourth-order valence-electron chi connectivity index (χ4n) is 3.02. The second kappa shape index (κ2) is 3.84. The van der Waals surface area contributed by atoms with Crippen LogP contribution in [0, 0.1) is 17.3 Å². The first-order valence-electron chi connectivity index (χ1n) is 6.34. The van der Waals surface area contributed by atoms with Gasteiger partial charge in [0.2, 0.25) is 0 Å². The molecular weight excluding hydrogens is 170 g/mol. The van der Waals surface area contributed by atoms with Crippen LogP contribution in [0.25, 0.3) is 0 Å². The van der Waals surface area contributed by atoms with Crippen molar-refractivity contribution in [1.82, 2.24) is 0 Å². The minimum Gasteiger partial charge on any atom is -0.327 e. The van der Waals surface area contributed by atoms with Gasteiger partial charge in [0.1, 0.15) is 0 Å². The molecule has 2 fully saturated rings. The highest BCUT2D eigenvalue weighted by atomic mass is 14.7. The van der Waals surface area contributed by atoms with Gasteiger partial charge in [-0.3, -0.25) is 0 Å². The molecule has 2 saturated carbocycles. The molecule has 2 rings (SSSR count). The Morgan fingerprint density at radius 3 is 1.93 bits per heavy atom. The van der Waals surface area contributed by atoms with Gasteiger partial charge in [-0.05, 0) is 55.8 Å². The van der Waals surface area contributed by atoms with Gasteiger partial charge in [-0.2, -0.15) is 0 Å². The van der Waals surface area contributed by atoms with Gasteiger partial charge < -0.3 is 5.73 Å². The Bertz CT molecular complexity index is 183. The highest BCUT2D eigenvalue weighted by molar-refractivity contribution is 4.89. The molecule has 0 aromatic rings. The highest BCUT2D eigenvalue weighted by Crippen LogP contribution is 2.42. The van der Waals surface area contributed by atoms with Crippen LogP contribution in [-0.2, 0) is 0 Å². The highest BCUT2D eigenvalue weighted by Gasteiger charge is 2.34. The van der Waals surface area contributed by atoms with E-state index in [-0.39, 0.29) is 0 Å². The van der Waals surface area contributed by atoms with Crippen LogP contribution in [0.4, 0.5) is 0 Å². The van der Waals surface area contributed by atoms with Crippen molar-refractivity contribution in [2.45, 2.75) is 64.8 Å². The van der Waals surface area contributed by atoms with E-state index in [1.54, 1.807) is 0 Å². The minimum atomic E-state index is 0.528. The van der Waals surface area contributed by atoms with Crippen LogP contribution in [0.3, 0.4) is 0 Å². The van der Waals surface area contributed by atoms with Gasteiger partial charge in [-0.1, -0.05) is 20.3 Å². The Morgan fingerprint density at radius 1 is 1.00 bits per heavy atom. The number of nitrogens with two attached hydrogens (primary N) is 1. The van der Waals surface area contributed by atoms with Crippen LogP contribution >= 0.6 is 0 Å². The van der Waals surface area contributed by atoms with Crippen molar-refractivity contribution in [3.8, 4) is 0 Å². The SMILES string of the molecule is CC1(C)CCC(C(N)C2CCC2)CC1. The molecule has 0 aromatic carbocycles. The maximum atomic E-state index is 6.34. The van der Waals surface area contributed by atoms with E-state index in [0.29, 0.717) is 11.5 Å². The van der Waals surface area contributed by atoms with E-state index in [1.165, 1.54) is 44.9 Å². The quantitative estimate of drug-likeness (QED) is 0.718. The molecule has 0 bridgehead atoms. The summed E-state index contributed by atoms with van der Waals surface area (Å²) in [5.74, 6) is 1.72. The molecule has 0 aromatic heterocycles. The van der Waals surface area contributed by atoms with Gasteiger partial charge in [-0.15, -0.1) is 0 Å². The number of rotatable bonds is 2. The molecule has 2 aliphatic rings. The molecule has 1 heteroatoms. The average Bonchev–Trinajstić information content (AvgIpc) is 2.00. The van der Waals surface area contributed by atoms with E-state index in [4.69, 9.17) is 5.73 Å². The summed E-state index contributed by atoms with van der Waals surface area (Å²) in [4.78, 5) is 0. The lowest BCUT2D eigenvalue weighted by Gasteiger charge is -2.41. The second-order valence-corrected chi connectivity index (χ2v) is 6.27. The molecule has 2 aliphatic carbocycles. The lowest BCUT2D eigenvalue weighted by atomic mass is 9.66. The minimum absolute atomic E-state index is 0.528. The molecule has 82 valence electrons. The lowest BCUT2D eigenvalue weighted by molar-refractivity contribution is 0.126. The van der Waals surface area contributed by atoms with Gasteiger partial charge in [0.05, 0.1) is 0 Å². The molecular formula is C13H25N. The summed E-state index contributed by atoms with van der Waals surface area (Å²) < 4.78 is 0. The van der Waals surface area contributed by atoms with Gasteiger partial charge in [-0.25, -0.2) is 0 Å². The predicted octanol–water partition coefficient (Wildman–Crippen LogP) is 3.33. The van der Waals surface area contributed by atoms with Crippen molar-refractivity contribution >= 4 is 0 Å². The molecule has 0 radical (unpaired) electrons. The summed E-state index contributed by atoms with van der Waals surface area (Å²) >= 11 is 0. The van der Waals surface area contributed by atoms with Crippen molar-refractivity contribution < 1.29 is 0 Å². The van der Waals surface area contributed by atoms with E-state index in [1.807, 2.05) is 0 Å². The summed E-state index contributed by atoms with van der Waals surface area (Å²) in [7, 11) is 0. The predicted molar refractivity (Wildman–Crippen MR) is 61.1 cm³/mol. The first-order valence-corrected chi connectivity index (χ1v) is 6.34. The van der Waals surface area contributed by atoms with Crippen molar-refractivity contribution in [2.24, 2.45) is 23.0 Å². The molecule has 14 heavy (non-hydrogen) atoms. The van der Waals surface area contributed by atoms with Gasteiger partial charge in [0.25, 0.3) is 0 Å². The van der Waals surface area contributed by atoms with Crippen molar-refractivity contribution in [2.75, 3.05) is 0 Å². The van der Waals surface area contributed by atoms with Crippen molar-refractivity contribution in [3.63, 3.8) is 0 Å². The van der Waals surface area contributed by atoms with Crippen LogP contribution in [0.15, 0.2) is 0 Å². The zero-order valence-corrected chi connectivity index (χ0v) is 9.76. The largest absolute Gasteiger partial charge is 0.327 e. The molecule has 0 spiro atoms. The van der Waals surface area contributed by atoms with Gasteiger partial charge in [0.15, 0.2) is 0 Å². The van der Waals surface area contributed by atoms with E-state index in [9.17, 15) is 0 Å².